The average Bonchev–Trinajstić information content (AvgIpc) is 2.07. The van der Waals surface area contributed by atoms with Crippen molar-refractivity contribution in [3.05, 3.63) is 30.1 Å². The number of nitrogens with zero attached hydrogens (tertiary/aromatic N) is 1. The van der Waals surface area contributed by atoms with Crippen LogP contribution in [0.3, 0.4) is 0 Å². The Bertz CT molecular complexity index is 189. The topological polar surface area (TPSA) is 24.9 Å². The summed E-state index contributed by atoms with van der Waals surface area (Å²) in [7, 11) is 0. The van der Waals surface area contributed by atoms with Gasteiger partial charge in [-0.3, -0.25) is 4.98 Å². The lowest BCUT2D eigenvalue weighted by atomic mass is 10.2. The molecule has 0 saturated carbocycles. The Kier molecular flexibility index (Phi) is 4.01. The van der Waals surface area contributed by atoms with Gasteiger partial charge in [0.15, 0.2) is 0 Å². The molecule has 0 amide bonds. The molecule has 1 heterocycles. The monoisotopic (exact) mass is 168 g/mol. The summed E-state index contributed by atoms with van der Waals surface area (Å²) >= 11 is 4.04. The van der Waals surface area contributed by atoms with Crippen LogP contribution < -0.4 is 5.32 Å². The van der Waals surface area contributed by atoms with Gasteiger partial charge in [0.25, 0.3) is 0 Å². The first-order valence-corrected chi connectivity index (χ1v) is 4.27. The number of pyridine rings is 1. The van der Waals surface area contributed by atoms with Crippen LogP contribution >= 0.6 is 12.6 Å². The third-order valence-electron chi connectivity index (χ3n) is 1.43. The third kappa shape index (κ3) is 3.39. The zero-order chi connectivity index (χ0) is 7.94. The predicted molar refractivity (Wildman–Crippen MR) is 49.8 cm³/mol. The molecule has 60 valence electrons. The van der Waals surface area contributed by atoms with Gasteiger partial charge in [0.05, 0.1) is 0 Å². The lowest BCUT2D eigenvalue weighted by Gasteiger charge is -1.99. The van der Waals surface area contributed by atoms with Crippen molar-refractivity contribution in [2.45, 2.75) is 6.42 Å². The maximum Gasteiger partial charge on any atom is 0.0387 e. The van der Waals surface area contributed by atoms with Gasteiger partial charge in [0.2, 0.25) is 0 Å². The normalized spacial score (nSPS) is 9.91. The lowest BCUT2D eigenvalue weighted by molar-refractivity contribution is 0.774. The molecule has 0 atom stereocenters. The molecule has 2 nitrogen and oxygen atoms in total. The van der Waals surface area contributed by atoms with Crippen LogP contribution in [-0.4, -0.2) is 17.4 Å². The van der Waals surface area contributed by atoms with Gasteiger partial charge in [-0.25, -0.2) is 0 Å². The molecule has 1 aromatic rings. The van der Waals surface area contributed by atoms with Crippen LogP contribution in [0.1, 0.15) is 5.56 Å². The van der Waals surface area contributed by atoms with Crippen molar-refractivity contribution in [2.75, 3.05) is 12.4 Å². The molecule has 0 saturated heterocycles. The molecule has 0 aliphatic carbocycles. The van der Waals surface area contributed by atoms with E-state index in [9.17, 15) is 0 Å². The van der Waals surface area contributed by atoms with Crippen molar-refractivity contribution >= 4 is 12.6 Å². The molecule has 3 heteroatoms. The van der Waals surface area contributed by atoms with E-state index in [0.717, 1.165) is 18.8 Å². The van der Waals surface area contributed by atoms with E-state index >= 15 is 0 Å². The SMILES string of the molecule is SCNCCc1cccnc1. The van der Waals surface area contributed by atoms with E-state index < -0.39 is 0 Å². The maximum atomic E-state index is 4.04. The van der Waals surface area contributed by atoms with Crippen LogP contribution in [0.4, 0.5) is 0 Å². The van der Waals surface area contributed by atoms with Crippen molar-refractivity contribution in [3.8, 4) is 0 Å². The quantitative estimate of drug-likeness (QED) is 0.400. The van der Waals surface area contributed by atoms with E-state index in [0.29, 0.717) is 0 Å². The zero-order valence-corrected chi connectivity index (χ0v) is 7.22. The minimum atomic E-state index is 0.736. The summed E-state index contributed by atoms with van der Waals surface area (Å²) in [4.78, 5) is 4.02. The lowest BCUT2D eigenvalue weighted by Crippen LogP contribution is -2.14. The highest BCUT2D eigenvalue weighted by molar-refractivity contribution is 7.80. The van der Waals surface area contributed by atoms with Crippen LogP contribution in [0, 0.1) is 0 Å². The zero-order valence-electron chi connectivity index (χ0n) is 6.33. The molecule has 0 spiro atoms. The van der Waals surface area contributed by atoms with Crippen LogP contribution in [0.15, 0.2) is 24.5 Å². The summed E-state index contributed by atoms with van der Waals surface area (Å²) in [6.45, 7) is 0.967. The summed E-state index contributed by atoms with van der Waals surface area (Å²) in [6.07, 6.45) is 4.70. The van der Waals surface area contributed by atoms with Crippen LogP contribution in [0.5, 0.6) is 0 Å². The summed E-state index contributed by atoms with van der Waals surface area (Å²) in [5.41, 5.74) is 1.27. The molecule has 0 bridgehead atoms. The average molecular weight is 168 g/mol. The summed E-state index contributed by atoms with van der Waals surface area (Å²) < 4.78 is 0. The van der Waals surface area contributed by atoms with E-state index in [1.165, 1.54) is 5.56 Å². The van der Waals surface area contributed by atoms with E-state index in [-0.39, 0.29) is 0 Å². The molecule has 1 aromatic heterocycles. The van der Waals surface area contributed by atoms with Gasteiger partial charge in [-0.15, -0.1) is 0 Å². The van der Waals surface area contributed by atoms with Crippen molar-refractivity contribution in [2.24, 2.45) is 0 Å². The largest absolute Gasteiger partial charge is 0.308 e. The van der Waals surface area contributed by atoms with Gasteiger partial charge in [0, 0.05) is 18.3 Å². The fourth-order valence-electron chi connectivity index (χ4n) is 0.858. The maximum absolute atomic E-state index is 4.04. The van der Waals surface area contributed by atoms with Gasteiger partial charge >= 0.3 is 0 Å². The van der Waals surface area contributed by atoms with E-state index in [1.807, 2.05) is 12.3 Å². The molecular weight excluding hydrogens is 156 g/mol. The molecule has 0 unspecified atom stereocenters. The van der Waals surface area contributed by atoms with Gasteiger partial charge in [0.1, 0.15) is 0 Å². The number of rotatable bonds is 4. The van der Waals surface area contributed by atoms with Crippen molar-refractivity contribution in [1.82, 2.24) is 10.3 Å². The molecule has 1 N–H and O–H groups in total. The molecular formula is C8H12N2S. The molecule has 11 heavy (non-hydrogen) atoms. The Hall–Kier alpha value is -0.540. The Morgan fingerprint density at radius 1 is 1.55 bits per heavy atom. The molecule has 0 fully saturated rings. The Morgan fingerprint density at radius 3 is 3.09 bits per heavy atom. The first-order chi connectivity index (χ1) is 5.43. The van der Waals surface area contributed by atoms with Gasteiger partial charge in [-0.1, -0.05) is 6.07 Å². The minimum Gasteiger partial charge on any atom is -0.308 e. The molecule has 0 radical (unpaired) electrons. The van der Waals surface area contributed by atoms with Gasteiger partial charge < -0.3 is 5.32 Å². The first-order valence-electron chi connectivity index (χ1n) is 3.64. The predicted octanol–water partition coefficient (Wildman–Crippen LogP) is 1.10. The second-order valence-electron chi connectivity index (χ2n) is 2.27. The minimum absolute atomic E-state index is 0.736. The summed E-state index contributed by atoms with van der Waals surface area (Å²) in [6, 6.07) is 4.03. The Morgan fingerprint density at radius 2 is 2.45 bits per heavy atom. The molecule has 0 aliphatic rings. The molecule has 0 aromatic carbocycles. The standard InChI is InChI=1S/C8H12N2S/c11-7-10-5-3-8-2-1-4-9-6-8/h1-2,4,6,10-11H,3,5,7H2. The van der Waals surface area contributed by atoms with Crippen LogP contribution in [-0.2, 0) is 6.42 Å². The number of aromatic nitrogens is 1. The highest BCUT2D eigenvalue weighted by atomic mass is 32.1. The number of hydrogen-bond acceptors (Lipinski definition) is 3. The first kappa shape index (κ1) is 8.56. The van der Waals surface area contributed by atoms with Crippen molar-refractivity contribution in [3.63, 3.8) is 0 Å². The fraction of sp³-hybridized carbons (Fsp3) is 0.375. The number of thiol groups is 1. The van der Waals surface area contributed by atoms with Gasteiger partial charge in [-0.2, -0.15) is 12.6 Å². The second-order valence-corrected chi connectivity index (χ2v) is 2.59. The Labute approximate surface area is 72.5 Å². The number of nitrogens with one attached hydrogen (secondary N) is 1. The summed E-state index contributed by atoms with van der Waals surface area (Å²) in [5, 5.41) is 3.13. The third-order valence-corrected chi connectivity index (χ3v) is 1.65. The van der Waals surface area contributed by atoms with Crippen molar-refractivity contribution < 1.29 is 0 Å². The fourth-order valence-corrected chi connectivity index (χ4v) is 1.02. The highest BCUT2D eigenvalue weighted by Gasteiger charge is 1.89. The molecule has 1 rings (SSSR count). The number of hydrogen-bond donors (Lipinski definition) is 2. The van der Waals surface area contributed by atoms with E-state index in [4.69, 9.17) is 0 Å². The smallest absolute Gasteiger partial charge is 0.0387 e. The Balaban J connectivity index is 2.28. The van der Waals surface area contributed by atoms with E-state index in [1.54, 1.807) is 6.20 Å². The van der Waals surface area contributed by atoms with Gasteiger partial charge in [-0.05, 0) is 24.6 Å². The second kappa shape index (κ2) is 5.16. The van der Waals surface area contributed by atoms with Crippen LogP contribution in [0.2, 0.25) is 0 Å². The highest BCUT2D eigenvalue weighted by Crippen LogP contribution is 1.94. The van der Waals surface area contributed by atoms with Crippen LogP contribution in [0.25, 0.3) is 0 Å². The summed E-state index contributed by atoms with van der Waals surface area (Å²) in [5.74, 6) is 0.736. The van der Waals surface area contributed by atoms with E-state index in [2.05, 4.69) is 29.0 Å². The molecule has 0 aliphatic heterocycles. The van der Waals surface area contributed by atoms with Crippen molar-refractivity contribution in [1.29, 1.82) is 0 Å².